The standard InChI is InChI=1S/C15H18N2O2/c1-11-7-9-13(18-11)15-16-14(17-19-15)10-8-12-5-3-2-4-6-12/h2-6,11,13H,7-10H2,1H3. The Balaban J connectivity index is 1.59. The van der Waals surface area contributed by atoms with Crippen LogP contribution in [0.1, 0.15) is 43.1 Å². The van der Waals surface area contributed by atoms with Gasteiger partial charge in [0, 0.05) is 6.42 Å². The van der Waals surface area contributed by atoms with Gasteiger partial charge in [-0.1, -0.05) is 35.5 Å². The molecule has 4 nitrogen and oxygen atoms in total. The molecule has 0 radical (unpaired) electrons. The third-order valence-corrected chi connectivity index (χ3v) is 3.47. The summed E-state index contributed by atoms with van der Waals surface area (Å²) in [6.07, 6.45) is 4.06. The Hall–Kier alpha value is -1.68. The Morgan fingerprint density at radius 3 is 2.74 bits per heavy atom. The molecule has 1 fully saturated rings. The monoisotopic (exact) mass is 258 g/mol. The topological polar surface area (TPSA) is 48.2 Å². The first-order valence-corrected chi connectivity index (χ1v) is 6.83. The van der Waals surface area contributed by atoms with Gasteiger partial charge in [-0.15, -0.1) is 0 Å². The number of nitrogens with zero attached hydrogens (tertiary/aromatic N) is 2. The van der Waals surface area contributed by atoms with Gasteiger partial charge in [0.15, 0.2) is 5.82 Å². The maximum Gasteiger partial charge on any atom is 0.255 e. The molecule has 1 aliphatic rings. The number of ether oxygens (including phenoxy) is 1. The predicted octanol–water partition coefficient (Wildman–Crippen LogP) is 3.09. The van der Waals surface area contributed by atoms with Crippen LogP contribution in [0.5, 0.6) is 0 Å². The summed E-state index contributed by atoms with van der Waals surface area (Å²) in [6, 6.07) is 10.3. The fourth-order valence-corrected chi connectivity index (χ4v) is 2.38. The summed E-state index contributed by atoms with van der Waals surface area (Å²) in [4.78, 5) is 4.44. The maximum atomic E-state index is 5.73. The Morgan fingerprint density at radius 1 is 1.16 bits per heavy atom. The first-order valence-electron chi connectivity index (χ1n) is 6.83. The first-order chi connectivity index (χ1) is 9.31. The van der Waals surface area contributed by atoms with Crippen LogP contribution in [0, 0.1) is 0 Å². The number of hydrogen-bond donors (Lipinski definition) is 0. The molecule has 0 aliphatic carbocycles. The van der Waals surface area contributed by atoms with Gasteiger partial charge in [-0.3, -0.25) is 0 Å². The zero-order chi connectivity index (χ0) is 13.1. The summed E-state index contributed by atoms with van der Waals surface area (Å²) in [5, 5.41) is 4.03. The van der Waals surface area contributed by atoms with E-state index in [4.69, 9.17) is 9.26 Å². The maximum absolute atomic E-state index is 5.73. The van der Waals surface area contributed by atoms with Gasteiger partial charge in [-0.25, -0.2) is 0 Å². The van der Waals surface area contributed by atoms with E-state index >= 15 is 0 Å². The molecule has 0 N–H and O–H groups in total. The Labute approximate surface area is 112 Å². The molecule has 0 saturated carbocycles. The van der Waals surface area contributed by atoms with E-state index in [1.165, 1.54) is 5.56 Å². The van der Waals surface area contributed by atoms with Crippen LogP contribution in [-0.4, -0.2) is 16.2 Å². The minimum atomic E-state index is -0.00650. The molecule has 0 spiro atoms. The molecule has 2 aromatic rings. The Bertz CT molecular complexity index is 524. The second-order valence-electron chi connectivity index (χ2n) is 5.05. The van der Waals surface area contributed by atoms with E-state index in [-0.39, 0.29) is 6.10 Å². The highest BCUT2D eigenvalue weighted by Gasteiger charge is 2.28. The zero-order valence-electron chi connectivity index (χ0n) is 11.1. The summed E-state index contributed by atoms with van der Waals surface area (Å²) < 4.78 is 11.0. The van der Waals surface area contributed by atoms with Crippen LogP contribution in [0.4, 0.5) is 0 Å². The molecule has 2 atom stereocenters. The van der Waals surface area contributed by atoms with Gasteiger partial charge >= 0.3 is 0 Å². The van der Waals surface area contributed by atoms with Crippen LogP contribution >= 0.6 is 0 Å². The van der Waals surface area contributed by atoms with E-state index in [9.17, 15) is 0 Å². The molecule has 0 amide bonds. The minimum Gasteiger partial charge on any atom is -0.365 e. The molecule has 2 unspecified atom stereocenters. The van der Waals surface area contributed by atoms with Crippen LogP contribution < -0.4 is 0 Å². The van der Waals surface area contributed by atoms with Crippen LogP contribution in [0.2, 0.25) is 0 Å². The molecule has 1 aromatic carbocycles. The quantitative estimate of drug-likeness (QED) is 0.845. The van der Waals surface area contributed by atoms with Crippen molar-refractivity contribution >= 4 is 0 Å². The average molecular weight is 258 g/mol. The molecule has 1 aromatic heterocycles. The highest BCUT2D eigenvalue weighted by molar-refractivity contribution is 5.15. The number of rotatable bonds is 4. The SMILES string of the molecule is CC1CCC(c2nc(CCc3ccccc3)no2)O1. The van der Waals surface area contributed by atoms with Crippen molar-refractivity contribution in [2.45, 2.75) is 44.8 Å². The van der Waals surface area contributed by atoms with Crippen LogP contribution in [0.25, 0.3) is 0 Å². The van der Waals surface area contributed by atoms with Gasteiger partial charge in [0.2, 0.25) is 0 Å². The average Bonchev–Trinajstić information content (AvgIpc) is 3.06. The summed E-state index contributed by atoms with van der Waals surface area (Å²) in [5.74, 6) is 1.40. The molecule has 4 heteroatoms. The van der Waals surface area contributed by atoms with Crippen molar-refractivity contribution in [3.8, 4) is 0 Å². The van der Waals surface area contributed by atoms with E-state index in [1.807, 2.05) is 18.2 Å². The summed E-state index contributed by atoms with van der Waals surface area (Å²) >= 11 is 0. The number of hydrogen-bond acceptors (Lipinski definition) is 4. The molecule has 19 heavy (non-hydrogen) atoms. The van der Waals surface area contributed by atoms with Crippen molar-refractivity contribution in [3.63, 3.8) is 0 Å². The minimum absolute atomic E-state index is 0.00650. The fraction of sp³-hybridized carbons (Fsp3) is 0.467. The second-order valence-corrected chi connectivity index (χ2v) is 5.05. The molecule has 1 aliphatic heterocycles. The van der Waals surface area contributed by atoms with Gasteiger partial charge in [0.1, 0.15) is 6.10 Å². The lowest BCUT2D eigenvalue weighted by Gasteiger charge is -2.04. The molecule has 1 saturated heterocycles. The Kier molecular flexibility index (Phi) is 3.60. The first kappa shape index (κ1) is 12.4. The van der Waals surface area contributed by atoms with Crippen molar-refractivity contribution in [1.29, 1.82) is 0 Å². The number of aryl methyl sites for hydroxylation is 2. The highest BCUT2D eigenvalue weighted by Crippen LogP contribution is 2.31. The molecule has 100 valence electrons. The van der Waals surface area contributed by atoms with Gasteiger partial charge in [0.25, 0.3) is 5.89 Å². The second kappa shape index (κ2) is 5.53. The van der Waals surface area contributed by atoms with Crippen molar-refractivity contribution in [3.05, 3.63) is 47.6 Å². The lowest BCUT2D eigenvalue weighted by Crippen LogP contribution is -2.01. The van der Waals surface area contributed by atoms with Gasteiger partial charge in [-0.05, 0) is 31.7 Å². The summed E-state index contributed by atoms with van der Waals surface area (Å²) in [5.41, 5.74) is 1.29. The number of benzene rings is 1. The van der Waals surface area contributed by atoms with Crippen LogP contribution in [-0.2, 0) is 17.6 Å². The van der Waals surface area contributed by atoms with Crippen molar-refractivity contribution < 1.29 is 9.26 Å². The highest BCUT2D eigenvalue weighted by atomic mass is 16.5. The van der Waals surface area contributed by atoms with E-state index in [0.29, 0.717) is 12.0 Å². The van der Waals surface area contributed by atoms with E-state index < -0.39 is 0 Å². The smallest absolute Gasteiger partial charge is 0.255 e. The lowest BCUT2D eigenvalue weighted by molar-refractivity contribution is 0.0355. The van der Waals surface area contributed by atoms with E-state index in [1.54, 1.807) is 0 Å². The van der Waals surface area contributed by atoms with Crippen LogP contribution in [0.3, 0.4) is 0 Å². The van der Waals surface area contributed by atoms with Crippen molar-refractivity contribution in [1.82, 2.24) is 10.1 Å². The summed E-state index contributed by atoms with van der Waals surface area (Å²) in [7, 11) is 0. The summed E-state index contributed by atoms with van der Waals surface area (Å²) in [6.45, 7) is 2.08. The molecular weight excluding hydrogens is 240 g/mol. The Morgan fingerprint density at radius 2 is 2.00 bits per heavy atom. The zero-order valence-corrected chi connectivity index (χ0v) is 11.1. The lowest BCUT2D eigenvalue weighted by atomic mass is 10.1. The van der Waals surface area contributed by atoms with E-state index in [2.05, 4.69) is 29.2 Å². The molecule has 2 heterocycles. The van der Waals surface area contributed by atoms with Crippen molar-refractivity contribution in [2.24, 2.45) is 0 Å². The van der Waals surface area contributed by atoms with Crippen molar-refractivity contribution in [2.75, 3.05) is 0 Å². The molecule has 0 bridgehead atoms. The van der Waals surface area contributed by atoms with Gasteiger partial charge in [-0.2, -0.15) is 4.98 Å². The molecule has 3 rings (SSSR count). The fourth-order valence-electron chi connectivity index (χ4n) is 2.38. The van der Waals surface area contributed by atoms with E-state index in [0.717, 1.165) is 31.5 Å². The third-order valence-electron chi connectivity index (χ3n) is 3.47. The predicted molar refractivity (Wildman–Crippen MR) is 70.7 cm³/mol. The van der Waals surface area contributed by atoms with Gasteiger partial charge in [0.05, 0.1) is 6.10 Å². The molecular formula is C15H18N2O2. The largest absolute Gasteiger partial charge is 0.365 e. The normalized spacial score (nSPS) is 22.8. The third kappa shape index (κ3) is 3.01. The number of aromatic nitrogens is 2. The van der Waals surface area contributed by atoms with Gasteiger partial charge < -0.3 is 9.26 Å². The van der Waals surface area contributed by atoms with Crippen LogP contribution in [0.15, 0.2) is 34.9 Å².